The molecule has 146 valence electrons. The molecule has 0 aromatic heterocycles. The number of carbonyl (C=O) groups is 3. The molecule has 0 spiro atoms. The van der Waals surface area contributed by atoms with Crippen molar-refractivity contribution in [2.75, 3.05) is 17.2 Å². The van der Waals surface area contributed by atoms with E-state index in [1.807, 2.05) is 32.0 Å². The fraction of sp³-hybridized carbons (Fsp3) is 0.286. The highest BCUT2D eigenvalue weighted by atomic mass is 16.2. The zero-order valence-electron chi connectivity index (χ0n) is 16.0. The molecule has 0 atom stereocenters. The predicted molar refractivity (Wildman–Crippen MR) is 108 cm³/mol. The van der Waals surface area contributed by atoms with Crippen LogP contribution in [-0.2, 0) is 9.59 Å². The molecule has 0 aliphatic heterocycles. The maximum atomic E-state index is 12.1. The van der Waals surface area contributed by atoms with Gasteiger partial charge in [-0.2, -0.15) is 0 Å². The van der Waals surface area contributed by atoms with Crippen LogP contribution in [0.1, 0.15) is 34.3 Å². The van der Waals surface area contributed by atoms with E-state index in [9.17, 15) is 14.4 Å². The number of amides is 3. The highest BCUT2D eigenvalue weighted by molar-refractivity contribution is 5.97. The van der Waals surface area contributed by atoms with Crippen molar-refractivity contribution >= 4 is 29.1 Å². The molecular formula is C21H24N4O3. The van der Waals surface area contributed by atoms with E-state index < -0.39 is 5.91 Å². The van der Waals surface area contributed by atoms with Gasteiger partial charge in [-0.05, 0) is 62.6 Å². The Morgan fingerprint density at radius 2 is 1.68 bits per heavy atom. The predicted octanol–water partition coefficient (Wildman–Crippen LogP) is 2.53. The lowest BCUT2D eigenvalue weighted by molar-refractivity contribution is -0.120. The van der Waals surface area contributed by atoms with Crippen LogP contribution >= 0.6 is 0 Å². The van der Waals surface area contributed by atoms with Crippen molar-refractivity contribution in [2.24, 2.45) is 5.92 Å². The average Bonchev–Trinajstić information content (AvgIpc) is 3.51. The van der Waals surface area contributed by atoms with Crippen molar-refractivity contribution in [2.45, 2.75) is 26.7 Å². The third-order valence-corrected chi connectivity index (χ3v) is 4.50. The Hall–Kier alpha value is -3.35. The number of anilines is 2. The summed E-state index contributed by atoms with van der Waals surface area (Å²) in [6.45, 7) is 4.01. The summed E-state index contributed by atoms with van der Waals surface area (Å²) in [5.74, 6) is -0.655. The molecule has 2 aromatic rings. The van der Waals surface area contributed by atoms with E-state index in [-0.39, 0.29) is 24.3 Å². The molecule has 3 rings (SSSR count). The van der Waals surface area contributed by atoms with Crippen molar-refractivity contribution in [1.82, 2.24) is 10.9 Å². The second-order valence-electron chi connectivity index (χ2n) is 7.02. The van der Waals surface area contributed by atoms with E-state index in [4.69, 9.17) is 0 Å². The Labute approximate surface area is 163 Å². The van der Waals surface area contributed by atoms with Gasteiger partial charge in [0.1, 0.15) is 0 Å². The number of hydrogen-bond donors (Lipinski definition) is 4. The monoisotopic (exact) mass is 380 g/mol. The van der Waals surface area contributed by atoms with Crippen molar-refractivity contribution in [3.63, 3.8) is 0 Å². The number of benzene rings is 2. The van der Waals surface area contributed by atoms with Crippen molar-refractivity contribution in [1.29, 1.82) is 0 Å². The van der Waals surface area contributed by atoms with E-state index in [0.717, 1.165) is 29.7 Å². The van der Waals surface area contributed by atoms with Crippen LogP contribution in [0.2, 0.25) is 0 Å². The van der Waals surface area contributed by atoms with Gasteiger partial charge >= 0.3 is 0 Å². The molecule has 2 aromatic carbocycles. The van der Waals surface area contributed by atoms with Gasteiger partial charge in [-0.15, -0.1) is 0 Å². The van der Waals surface area contributed by atoms with E-state index in [2.05, 4.69) is 21.5 Å². The summed E-state index contributed by atoms with van der Waals surface area (Å²) in [6, 6.07) is 12.4. The van der Waals surface area contributed by atoms with E-state index in [1.54, 1.807) is 24.3 Å². The average molecular weight is 380 g/mol. The maximum Gasteiger partial charge on any atom is 0.269 e. The molecule has 0 heterocycles. The second-order valence-corrected chi connectivity index (χ2v) is 7.02. The van der Waals surface area contributed by atoms with Crippen molar-refractivity contribution in [3.05, 3.63) is 59.2 Å². The Bertz CT molecular complexity index is 889. The molecule has 1 aliphatic rings. The molecule has 0 bridgehead atoms. The van der Waals surface area contributed by atoms with Gasteiger partial charge in [0, 0.05) is 22.9 Å². The quantitative estimate of drug-likeness (QED) is 0.579. The number of carbonyl (C=O) groups excluding carboxylic acids is 3. The normalized spacial score (nSPS) is 12.8. The van der Waals surface area contributed by atoms with Crippen LogP contribution in [-0.4, -0.2) is 24.3 Å². The Morgan fingerprint density at radius 3 is 2.32 bits per heavy atom. The van der Waals surface area contributed by atoms with Crippen molar-refractivity contribution < 1.29 is 14.4 Å². The number of aryl methyl sites for hydroxylation is 2. The van der Waals surface area contributed by atoms with Crippen LogP contribution in [0, 0.1) is 19.8 Å². The lowest BCUT2D eigenvalue weighted by atomic mass is 10.1. The molecule has 28 heavy (non-hydrogen) atoms. The van der Waals surface area contributed by atoms with Crippen LogP contribution in [0.25, 0.3) is 0 Å². The maximum absolute atomic E-state index is 12.1. The van der Waals surface area contributed by atoms with Gasteiger partial charge in [0.15, 0.2) is 0 Å². The van der Waals surface area contributed by atoms with Gasteiger partial charge in [-0.1, -0.05) is 17.7 Å². The lowest BCUT2D eigenvalue weighted by Gasteiger charge is -2.11. The van der Waals surface area contributed by atoms with Gasteiger partial charge in [0.05, 0.1) is 6.54 Å². The molecular weight excluding hydrogens is 356 g/mol. The van der Waals surface area contributed by atoms with Crippen LogP contribution < -0.4 is 21.5 Å². The van der Waals surface area contributed by atoms with Gasteiger partial charge in [0.25, 0.3) is 11.8 Å². The van der Waals surface area contributed by atoms with Gasteiger partial charge in [-0.25, -0.2) is 0 Å². The Balaban J connectivity index is 1.43. The Kier molecular flexibility index (Phi) is 5.93. The molecule has 1 aliphatic carbocycles. The fourth-order valence-electron chi connectivity index (χ4n) is 2.73. The minimum Gasteiger partial charge on any atom is -0.376 e. The number of nitrogens with one attached hydrogen (secondary N) is 4. The zero-order valence-corrected chi connectivity index (χ0v) is 16.0. The molecule has 0 saturated heterocycles. The minimum absolute atomic E-state index is 0.0146. The van der Waals surface area contributed by atoms with E-state index >= 15 is 0 Å². The highest BCUT2D eigenvalue weighted by Crippen LogP contribution is 2.30. The number of hydrazine groups is 1. The SMILES string of the molecule is Cc1ccc(NCC(=O)NNC(=O)c2ccc(NC(=O)C3CC3)cc2)c(C)c1. The summed E-state index contributed by atoms with van der Waals surface area (Å²) >= 11 is 0. The lowest BCUT2D eigenvalue weighted by Crippen LogP contribution is -2.44. The fourth-order valence-corrected chi connectivity index (χ4v) is 2.73. The Morgan fingerprint density at radius 1 is 0.964 bits per heavy atom. The van der Waals surface area contributed by atoms with Crippen LogP contribution in [0.4, 0.5) is 11.4 Å². The topological polar surface area (TPSA) is 99.3 Å². The van der Waals surface area contributed by atoms with E-state index in [1.165, 1.54) is 0 Å². The smallest absolute Gasteiger partial charge is 0.269 e. The van der Waals surface area contributed by atoms with Crippen LogP contribution in [0.5, 0.6) is 0 Å². The molecule has 1 fully saturated rings. The minimum atomic E-state index is -0.431. The summed E-state index contributed by atoms with van der Waals surface area (Å²) in [7, 11) is 0. The van der Waals surface area contributed by atoms with Crippen LogP contribution in [0.15, 0.2) is 42.5 Å². The summed E-state index contributed by atoms with van der Waals surface area (Å²) < 4.78 is 0. The standard InChI is InChI=1S/C21H24N4O3/c1-13-3-10-18(14(2)11-13)22-12-19(26)24-25-21(28)16-6-8-17(9-7-16)23-20(27)15-4-5-15/h3,6-11,15,22H,4-5,12H2,1-2H3,(H,23,27)(H,24,26)(H,25,28). The first-order chi connectivity index (χ1) is 13.4. The highest BCUT2D eigenvalue weighted by Gasteiger charge is 2.29. The second kappa shape index (κ2) is 8.56. The molecule has 7 nitrogen and oxygen atoms in total. The first-order valence-electron chi connectivity index (χ1n) is 9.23. The summed E-state index contributed by atoms with van der Waals surface area (Å²) in [5.41, 5.74) is 8.86. The molecule has 0 radical (unpaired) electrons. The molecule has 3 amide bonds. The number of hydrogen-bond acceptors (Lipinski definition) is 4. The molecule has 0 unspecified atom stereocenters. The molecule has 4 N–H and O–H groups in total. The summed E-state index contributed by atoms with van der Waals surface area (Å²) in [6.07, 6.45) is 1.87. The van der Waals surface area contributed by atoms with Crippen LogP contribution in [0.3, 0.4) is 0 Å². The van der Waals surface area contributed by atoms with Gasteiger partial charge < -0.3 is 10.6 Å². The number of rotatable bonds is 6. The first-order valence-corrected chi connectivity index (χ1v) is 9.23. The van der Waals surface area contributed by atoms with E-state index in [0.29, 0.717) is 11.3 Å². The van der Waals surface area contributed by atoms with Gasteiger partial charge in [0.2, 0.25) is 5.91 Å². The summed E-state index contributed by atoms with van der Waals surface area (Å²) in [5, 5.41) is 5.85. The third-order valence-electron chi connectivity index (χ3n) is 4.50. The summed E-state index contributed by atoms with van der Waals surface area (Å²) in [4.78, 5) is 35.8. The largest absolute Gasteiger partial charge is 0.376 e. The third kappa shape index (κ3) is 5.33. The van der Waals surface area contributed by atoms with Gasteiger partial charge in [-0.3, -0.25) is 25.2 Å². The zero-order chi connectivity index (χ0) is 20.1. The first kappa shape index (κ1) is 19.4. The molecule has 7 heteroatoms. The molecule has 1 saturated carbocycles. The van der Waals surface area contributed by atoms with Crippen molar-refractivity contribution in [3.8, 4) is 0 Å².